The molecule has 1 aliphatic rings. The van der Waals surface area contributed by atoms with Gasteiger partial charge in [0.25, 0.3) is 0 Å². The van der Waals surface area contributed by atoms with Crippen LogP contribution >= 0.6 is 27.3 Å². The van der Waals surface area contributed by atoms with E-state index in [1.54, 1.807) is 11.3 Å². The van der Waals surface area contributed by atoms with Crippen molar-refractivity contribution in [2.45, 2.75) is 31.5 Å². The Bertz CT molecular complexity index is 546. The van der Waals surface area contributed by atoms with E-state index in [1.807, 2.05) is 12.1 Å². The predicted molar refractivity (Wildman–Crippen MR) is 78.1 cm³/mol. The van der Waals surface area contributed by atoms with E-state index in [-0.39, 0.29) is 6.10 Å². The van der Waals surface area contributed by atoms with Gasteiger partial charge in [-0.3, -0.25) is 0 Å². The zero-order chi connectivity index (χ0) is 12.5. The summed E-state index contributed by atoms with van der Waals surface area (Å²) in [5.41, 5.74) is 1.03. The summed E-state index contributed by atoms with van der Waals surface area (Å²) in [6.45, 7) is 0.841. The fraction of sp³-hybridized carbons (Fsp3) is 0.429. The molecule has 2 heterocycles. The minimum atomic E-state index is -0.420. The molecule has 2 nitrogen and oxygen atoms in total. The summed E-state index contributed by atoms with van der Waals surface area (Å²) in [7, 11) is 0. The second kappa shape index (κ2) is 5.29. The van der Waals surface area contributed by atoms with Crippen molar-refractivity contribution in [3.8, 4) is 0 Å². The third-order valence-corrected chi connectivity index (χ3v) is 5.42. The molecule has 0 spiro atoms. The van der Waals surface area contributed by atoms with E-state index in [4.69, 9.17) is 4.74 Å². The molecular formula is C14H15BrO2S. The first-order chi connectivity index (χ1) is 8.75. The van der Waals surface area contributed by atoms with Crippen LogP contribution in [0.2, 0.25) is 0 Å². The molecule has 1 N–H and O–H groups in total. The summed E-state index contributed by atoms with van der Waals surface area (Å²) in [4.78, 5) is 0. The van der Waals surface area contributed by atoms with Gasteiger partial charge in [-0.25, -0.2) is 0 Å². The van der Waals surface area contributed by atoms with Gasteiger partial charge in [0.15, 0.2) is 0 Å². The minimum absolute atomic E-state index is 0.224. The first kappa shape index (κ1) is 12.6. The monoisotopic (exact) mass is 326 g/mol. The number of benzene rings is 1. The lowest BCUT2D eigenvalue weighted by molar-refractivity contribution is 0.0541. The molecule has 0 saturated carbocycles. The molecular weight excluding hydrogens is 312 g/mol. The van der Waals surface area contributed by atoms with Crippen LogP contribution in [0.3, 0.4) is 0 Å². The average molecular weight is 327 g/mol. The molecule has 1 fully saturated rings. The van der Waals surface area contributed by atoms with Crippen LogP contribution in [0, 0.1) is 0 Å². The van der Waals surface area contributed by atoms with E-state index < -0.39 is 6.10 Å². The molecule has 2 atom stereocenters. The van der Waals surface area contributed by atoms with Crippen molar-refractivity contribution in [3.63, 3.8) is 0 Å². The van der Waals surface area contributed by atoms with Gasteiger partial charge in [0.2, 0.25) is 0 Å². The Hall–Kier alpha value is -0.420. The zero-order valence-corrected chi connectivity index (χ0v) is 12.3. The maximum atomic E-state index is 10.4. The number of aliphatic hydroxyl groups excluding tert-OH is 1. The lowest BCUT2D eigenvalue weighted by atomic mass is 10.0. The van der Waals surface area contributed by atoms with Crippen molar-refractivity contribution >= 4 is 37.4 Å². The maximum Gasteiger partial charge on any atom is 0.0828 e. The highest BCUT2D eigenvalue weighted by atomic mass is 79.9. The first-order valence-electron chi connectivity index (χ1n) is 6.21. The third kappa shape index (κ3) is 2.35. The van der Waals surface area contributed by atoms with Gasteiger partial charge in [0, 0.05) is 22.2 Å². The molecule has 0 radical (unpaired) electrons. The highest BCUT2D eigenvalue weighted by molar-refractivity contribution is 9.10. The van der Waals surface area contributed by atoms with Gasteiger partial charge in [-0.2, -0.15) is 0 Å². The summed E-state index contributed by atoms with van der Waals surface area (Å²) in [6.07, 6.45) is 2.70. The van der Waals surface area contributed by atoms with Crippen molar-refractivity contribution in [3.05, 3.63) is 33.6 Å². The Balaban J connectivity index is 1.86. The fourth-order valence-electron chi connectivity index (χ4n) is 2.51. The van der Waals surface area contributed by atoms with Gasteiger partial charge in [-0.1, -0.05) is 12.1 Å². The lowest BCUT2D eigenvalue weighted by Crippen LogP contribution is -2.10. The number of aliphatic hydroxyl groups is 1. The smallest absolute Gasteiger partial charge is 0.0828 e. The molecule has 2 aromatic rings. The normalized spacial score (nSPS) is 21.6. The molecule has 3 rings (SSSR count). The molecule has 0 aliphatic carbocycles. The van der Waals surface area contributed by atoms with E-state index in [0.717, 1.165) is 34.9 Å². The van der Waals surface area contributed by atoms with Crippen LogP contribution in [0.5, 0.6) is 0 Å². The van der Waals surface area contributed by atoms with E-state index in [1.165, 1.54) is 4.70 Å². The summed E-state index contributed by atoms with van der Waals surface area (Å²) in [6, 6.07) is 6.13. The van der Waals surface area contributed by atoms with Crippen molar-refractivity contribution in [2.75, 3.05) is 6.61 Å². The number of fused-ring (bicyclic) bond motifs is 1. The first-order valence-corrected chi connectivity index (χ1v) is 7.88. The molecule has 1 saturated heterocycles. The molecule has 2 unspecified atom stereocenters. The lowest BCUT2D eigenvalue weighted by Gasteiger charge is -2.14. The second-order valence-corrected chi connectivity index (χ2v) is 6.43. The van der Waals surface area contributed by atoms with Crippen LogP contribution in [-0.4, -0.2) is 17.8 Å². The Morgan fingerprint density at radius 2 is 2.39 bits per heavy atom. The standard InChI is InChI=1S/C14H15BrO2S/c15-12-5-1-4-10-11(8-18-14(10)12)13(16)7-9-3-2-6-17-9/h1,4-5,8-9,13,16H,2-3,6-7H2. The number of halogens is 1. The SMILES string of the molecule is OC(CC1CCCO1)c1csc2c(Br)cccc12. The van der Waals surface area contributed by atoms with Crippen molar-refractivity contribution in [1.29, 1.82) is 0 Å². The Labute approximate surface area is 119 Å². The Morgan fingerprint density at radius 3 is 3.17 bits per heavy atom. The zero-order valence-electron chi connectivity index (χ0n) is 9.93. The predicted octanol–water partition coefficient (Wildman–Crippen LogP) is 4.27. The quantitative estimate of drug-likeness (QED) is 0.912. The largest absolute Gasteiger partial charge is 0.388 e. The van der Waals surface area contributed by atoms with Crippen LogP contribution in [0.15, 0.2) is 28.1 Å². The van der Waals surface area contributed by atoms with Crippen molar-refractivity contribution < 1.29 is 9.84 Å². The number of hydrogen-bond donors (Lipinski definition) is 1. The van der Waals surface area contributed by atoms with Crippen molar-refractivity contribution in [1.82, 2.24) is 0 Å². The van der Waals surface area contributed by atoms with E-state index in [9.17, 15) is 5.11 Å². The van der Waals surface area contributed by atoms with E-state index in [0.29, 0.717) is 6.42 Å². The van der Waals surface area contributed by atoms with Gasteiger partial charge in [-0.15, -0.1) is 11.3 Å². The van der Waals surface area contributed by atoms with Gasteiger partial charge >= 0.3 is 0 Å². The van der Waals surface area contributed by atoms with Gasteiger partial charge in [0.05, 0.1) is 12.2 Å². The van der Waals surface area contributed by atoms with Gasteiger partial charge in [0.1, 0.15) is 0 Å². The van der Waals surface area contributed by atoms with Crippen LogP contribution in [0.1, 0.15) is 30.9 Å². The topological polar surface area (TPSA) is 29.5 Å². The molecule has 1 aliphatic heterocycles. The highest BCUT2D eigenvalue weighted by Crippen LogP contribution is 2.37. The molecule has 1 aromatic carbocycles. The molecule has 4 heteroatoms. The molecule has 96 valence electrons. The van der Waals surface area contributed by atoms with Gasteiger partial charge in [-0.05, 0) is 51.2 Å². The number of rotatable bonds is 3. The van der Waals surface area contributed by atoms with Crippen molar-refractivity contribution in [2.24, 2.45) is 0 Å². The molecule has 0 amide bonds. The van der Waals surface area contributed by atoms with E-state index >= 15 is 0 Å². The summed E-state index contributed by atoms with van der Waals surface area (Å²) in [5.74, 6) is 0. The minimum Gasteiger partial charge on any atom is -0.388 e. The summed E-state index contributed by atoms with van der Waals surface area (Å²) in [5, 5.41) is 13.6. The highest BCUT2D eigenvalue weighted by Gasteiger charge is 2.22. The second-order valence-electron chi connectivity index (χ2n) is 4.69. The Kier molecular flexibility index (Phi) is 3.71. The molecule has 1 aromatic heterocycles. The maximum absolute atomic E-state index is 10.4. The number of ether oxygens (including phenoxy) is 1. The van der Waals surface area contributed by atoms with Crippen LogP contribution in [0.25, 0.3) is 10.1 Å². The Morgan fingerprint density at radius 1 is 1.50 bits per heavy atom. The van der Waals surface area contributed by atoms with Crippen LogP contribution < -0.4 is 0 Å². The van der Waals surface area contributed by atoms with Crippen LogP contribution in [-0.2, 0) is 4.74 Å². The van der Waals surface area contributed by atoms with E-state index in [2.05, 4.69) is 27.4 Å². The molecule has 0 bridgehead atoms. The van der Waals surface area contributed by atoms with Crippen LogP contribution in [0.4, 0.5) is 0 Å². The third-order valence-electron chi connectivity index (χ3n) is 3.45. The summed E-state index contributed by atoms with van der Waals surface area (Å²) >= 11 is 5.23. The fourth-order valence-corrected chi connectivity index (χ4v) is 4.18. The summed E-state index contributed by atoms with van der Waals surface area (Å²) < 4.78 is 7.90. The average Bonchev–Trinajstić information content (AvgIpc) is 2.98. The number of thiophene rings is 1. The number of hydrogen-bond acceptors (Lipinski definition) is 3. The molecule has 18 heavy (non-hydrogen) atoms. The van der Waals surface area contributed by atoms with Gasteiger partial charge < -0.3 is 9.84 Å².